The largest absolute Gasteiger partial charge is 0.493 e. The van der Waals surface area contributed by atoms with E-state index >= 15 is 0 Å². The number of ether oxygens (including phenoxy) is 2. The molecule has 2 aromatic rings. The average molecular weight is 422 g/mol. The van der Waals surface area contributed by atoms with Gasteiger partial charge in [0, 0.05) is 11.3 Å². The summed E-state index contributed by atoms with van der Waals surface area (Å²) in [5.41, 5.74) is 3.36. The number of hydrogen-bond acceptors (Lipinski definition) is 4. The van der Waals surface area contributed by atoms with Crippen molar-refractivity contribution in [1.29, 1.82) is 0 Å². The zero-order chi connectivity index (χ0) is 22.3. The standard InChI is InChI=1S/C21H25F2N3O4/c1-13-5-7-16(14(2)9-13)24-21(28)25-19(27)12-26(3)11-15-6-8-17(30-20(22)23)18(10-15)29-4/h5-10,20H,11-12H2,1-4H3,(H2,24,25,27,28)/p+1. The first-order valence-electron chi connectivity index (χ1n) is 9.29. The van der Waals surface area contributed by atoms with Crippen molar-refractivity contribution in [3.05, 3.63) is 53.1 Å². The molecule has 2 aromatic carbocycles. The highest BCUT2D eigenvalue weighted by Gasteiger charge is 2.16. The van der Waals surface area contributed by atoms with Crippen LogP contribution in [0.25, 0.3) is 0 Å². The Labute approximate surface area is 174 Å². The summed E-state index contributed by atoms with van der Waals surface area (Å²) >= 11 is 0. The number of aryl methyl sites for hydroxylation is 2. The van der Waals surface area contributed by atoms with Gasteiger partial charge in [-0.1, -0.05) is 17.7 Å². The van der Waals surface area contributed by atoms with Gasteiger partial charge in [-0.2, -0.15) is 8.78 Å². The van der Waals surface area contributed by atoms with Crippen LogP contribution in [0.4, 0.5) is 19.3 Å². The normalized spacial score (nSPS) is 11.7. The lowest BCUT2D eigenvalue weighted by Crippen LogP contribution is -3.09. The van der Waals surface area contributed by atoms with Gasteiger partial charge in [0.1, 0.15) is 6.54 Å². The highest BCUT2D eigenvalue weighted by Crippen LogP contribution is 2.29. The van der Waals surface area contributed by atoms with E-state index in [4.69, 9.17) is 4.74 Å². The number of likely N-dealkylation sites (N-methyl/N-ethyl adjacent to an activating group) is 1. The molecule has 1 atom stereocenters. The molecule has 30 heavy (non-hydrogen) atoms. The summed E-state index contributed by atoms with van der Waals surface area (Å²) in [6.45, 7) is 1.33. The molecule has 0 spiro atoms. The summed E-state index contributed by atoms with van der Waals surface area (Å²) in [6.07, 6.45) is 0. The van der Waals surface area contributed by atoms with Gasteiger partial charge < -0.3 is 19.7 Å². The fraction of sp³-hybridized carbons (Fsp3) is 0.333. The molecule has 9 heteroatoms. The number of imide groups is 1. The van der Waals surface area contributed by atoms with Crippen LogP contribution in [0.5, 0.6) is 11.5 Å². The molecule has 2 rings (SSSR count). The third kappa shape index (κ3) is 7.00. The summed E-state index contributed by atoms with van der Waals surface area (Å²) in [7, 11) is 3.13. The first-order valence-corrected chi connectivity index (χ1v) is 9.29. The fourth-order valence-corrected chi connectivity index (χ4v) is 2.98. The quantitative estimate of drug-likeness (QED) is 0.610. The number of carbonyl (C=O) groups is 2. The highest BCUT2D eigenvalue weighted by molar-refractivity contribution is 6.01. The molecule has 0 aromatic heterocycles. The lowest BCUT2D eigenvalue weighted by Gasteiger charge is -2.16. The second kappa shape index (κ2) is 10.5. The van der Waals surface area contributed by atoms with Gasteiger partial charge in [0.25, 0.3) is 5.91 Å². The number of hydrogen-bond donors (Lipinski definition) is 3. The topological polar surface area (TPSA) is 81.1 Å². The van der Waals surface area contributed by atoms with E-state index in [9.17, 15) is 18.4 Å². The Balaban J connectivity index is 1.88. The molecule has 7 nitrogen and oxygen atoms in total. The monoisotopic (exact) mass is 422 g/mol. The van der Waals surface area contributed by atoms with Crippen molar-refractivity contribution in [3.8, 4) is 11.5 Å². The van der Waals surface area contributed by atoms with Gasteiger partial charge >= 0.3 is 12.6 Å². The van der Waals surface area contributed by atoms with Gasteiger partial charge in [-0.25, -0.2) is 4.79 Å². The molecule has 0 aliphatic carbocycles. The minimum Gasteiger partial charge on any atom is -0.493 e. The van der Waals surface area contributed by atoms with Crippen molar-refractivity contribution in [1.82, 2.24) is 5.32 Å². The first-order chi connectivity index (χ1) is 14.2. The molecule has 0 radical (unpaired) electrons. The van der Waals surface area contributed by atoms with Crippen molar-refractivity contribution in [2.45, 2.75) is 27.0 Å². The minimum absolute atomic E-state index is 0.0396. The molecule has 0 heterocycles. The molecular weight excluding hydrogens is 396 g/mol. The van der Waals surface area contributed by atoms with E-state index in [1.807, 2.05) is 26.0 Å². The van der Waals surface area contributed by atoms with Crippen molar-refractivity contribution in [2.75, 3.05) is 26.0 Å². The number of benzene rings is 2. The number of anilines is 1. The van der Waals surface area contributed by atoms with Crippen LogP contribution < -0.4 is 25.0 Å². The van der Waals surface area contributed by atoms with Crippen LogP contribution >= 0.6 is 0 Å². The molecule has 0 saturated carbocycles. The van der Waals surface area contributed by atoms with Gasteiger partial charge in [-0.15, -0.1) is 0 Å². The average Bonchev–Trinajstić information content (AvgIpc) is 2.64. The number of nitrogens with one attached hydrogen (secondary N) is 3. The predicted molar refractivity (Wildman–Crippen MR) is 108 cm³/mol. The van der Waals surface area contributed by atoms with E-state index in [-0.39, 0.29) is 18.0 Å². The van der Waals surface area contributed by atoms with Gasteiger partial charge in [0.05, 0.1) is 14.2 Å². The molecule has 0 bridgehead atoms. The van der Waals surface area contributed by atoms with Crippen LogP contribution in [0.15, 0.2) is 36.4 Å². The number of halogens is 2. The van der Waals surface area contributed by atoms with Crippen LogP contribution in [0, 0.1) is 13.8 Å². The van der Waals surface area contributed by atoms with E-state index in [0.717, 1.165) is 21.6 Å². The summed E-state index contributed by atoms with van der Waals surface area (Å²) in [6, 6.07) is 9.57. The molecule has 0 aliphatic rings. The Hall–Kier alpha value is -3.20. The van der Waals surface area contributed by atoms with Crippen LogP contribution in [0.2, 0.25) is 0 Å². The molecule has 0 aliphatic heterocycles. The molecule has 3 N–H and O–H groups in total. The lowest BCUT2D eigenvalue weighted by atomic mass is 10.1. The smallest absolute Gasteiger partial charge is 0.387 e. The number of quaternary nitrogens is 1. The number of alkyl halides is 2. The Morgan fingerprint density at radius 2 is 1.83 bits per heavy atom. The molecule has 162 valence electrons. The zero-order valence-corrected chi connectivity index (χ0v) is 17.3. The summed E-state index contributed by atoms with van der Waals surface area (Å²) in [5, 5.41) is 4.96. The van der Waals surface area contributed by atoms with Crippen LogP contribution in [-0.2, 0) is 11.3 Å². The third-order valence-corrected chi connectivity index (χ3v) is 4.30. The Kier molecular flexibility index (Phi) is 8.11. The Morgan fingerprint density at radius 1 is 1.10 bits per heavy atom. The summed E-state index contributed by atoms with van der Waals surface area (Å²) in [5.74, 6) is -0.327. The van der Waals surface area contributed by atoms with Crippen LogP contribution in [-0.4, -0.2) is 39.3 Å². The van der Waals surface area contributed by atoms with E-state index in [1.54, 1.807) is 25.2 Å². The van der Waals surface area contributed by atoms with E-state index in [0.29, 0.717) is 12.2 Å². The second-order valence-corrected chi connectivity index (χ2v) is 7.00. The van der Waals surface area contributed by atoms with Gasteiger partial charge in [-0.3, -0.25) is 10.1 Å². The second-order valence-electron chi connectivity index (χ2n) is 7.00. The van der Waals surface area contributed by atoms with Gasteiger partial charge in [0.2, 0.25) is 0 Å². The maximum absolute atomic E-state index is 12.4. The van der Waals surface area contributed by atoms with Crippen molar-refractivity contribution in [3.63, 3.8) is 0 Å². The summed E-state index contributed by atoms with van der Waals surface area (Å²) in [4.78, 5) is 25.0. The summed E-state index contributed by atoms with van der Waals surface area (Å²) < 4.78 is 34.3. The van der Waals surface area contributed by atoms with Crippen molar-refractivity contribution >= 4 is 17.6 Å². The SMILES string of the molecule is COc1cc(C[NH+](C)CC(=O)NC(=O)Nc2ccc(C)cc2C)ccc1OC(F)F. The first kappa shape index (κ1) is 23.1. The van der Waals surface area contributed by atoms with Crippen LogP contribution in [0.3, 0.4) is 0 Å². The van der Waals surface area contributed by atoms with Crippen LogP contribution in [0.1, 0.15) is 16.7 Å². The van der Waals surface area contributed by atoms with Crippen molar-refractivity contribution < 1.29 is 32.7 Å². The number of methoxy groups -OCH3 is 1. The predicted octanol–water partition coefficient (Wildman–Crippen LogP) is 2.28. The molecular formula is C21H26F2N3O4+. The van der Waals surface area contributed by atoms with Gasteiger partial charge in [-0.05, 0) is 43.7 Å². The highest BCUT2D eigenvalue weighted by atomic mass is 19.3. The number of urea groups is 1. The lowest BCUT2D eigenvalue weighted by molar-refractivity contribution is -0.885. The third-order valence-electron chi connectivity index (χ3n) is 4.30. The van der Waals surface area contributed by atoms with E-state index in [1.165, 1.54) is 13.2 Å². The number of amides is 3. The zero-order valence-electron chi connectivity index (χ0n) is 17.3. The minimum atomic E-state index is -2.95. The Bertz CT molecular complexity index is 906. The van der Waals surface area contributed by atoms with E-state index < -0.39 is 18.5 Å². The molecule has 0 saturated heterocycles. The number of rotatable bonds is 8. The maximum Gasteiger partial charge on any atom is 0.387 e. The number of carbonyl (C=O) groups excluding carboxylic acids is 2. The molecule has 3 amide bonds. The fourth-order valence-electron chi connectivity index (χ4n) is 2.98. The Morgan fingerprint density at radius 3 is 2.47 bits per heavy atom. The van der Waals surface area contributed by atoms with E-state index in [2.05, 4.69) is 15.4 Å². The molecule has 0 fully saturated rings. The van der Waals surface area contributed by atoms with Gasteiger partial charge in [0.15, 0.2) is 18.0 Å². The molecule has 1 unspecified atom stereocenters. The van der Waals surface area contributed by atoms with Crippen molar-refractivity contribution in [2.24, 2.45) is 0 Å². The maximum atomic E-state index is 12.4.